The van der Waals surface area contributed by atoms with Gasteiger partial charge in [0.2, 0.25) is 0 Å². The number of aromatic nitrogens is 3. The lowest BCUT2D eigenvalue weighted by Gasteiger charge is -2.24. The van der Waals surface area contributed by atoms with Crippen LogP contribution in [0.2, 0.25) is 0 Å². The van der Waals surface area contributed by atoms with Crippen LogP contribution in [-0.4, -0.2) is 25.8 Å². The molecule has 0 radical (unpaired) electrons. The largest absolute Gasteiger partial charge is 0.328 e. The highest BCUT2D eigenvalue weighted by Crippen LogP contribution is 2.24. The molecule has 0 saturated carbocycles. The van der Waals surface area contributed by atoms with Crippen LogP contribution in [0.3, 0.4) is 0 Å². The zero-order chi connectivity index (χ0) is 22.5. The molecule has 0 aliphatic rings. The summed E-state index contributed by atoms with van der Waals surface area (Å²) in [7, 11) is 0. The molecule has 5 nitrogen and oxygen atoms in total. The van der Waals surface area contributed by atoms with Gasteiger partial charge in [-0.15, -0.1) is 0 Å². The highest BCUT2D eigenvalue weighted by Gasteiger charge is 2.21. The van der Waals surface area contributed by atoms with Gasteiger partial charge in [-0.05, 0) is 42.3 Å². The molecule has 0 aliphatic heterocycles. The Morgan fingerprint density at radius 3 is 2.31 bits per heavy atom. The molecule has 32 heavy (non-hydrogen) atoms. The summed E-state index contributed by atoms with van der Waals surface area (Å²) in [5.41, 5.74) is 3.07. The lowest BCUT2D eigenvalue weighted by Crippen LogP contribution is -2.31. The molecule has 0 spiro atoms. The van der Waals surface area contributed by atoms with Crippen molar-refractivity contribution in [2.75, 3.05) is 0 Å². The highest BCUT2D eigenvalue weighted by molar-refractivity contribution is 5.94. The number of hydrogen-bond acceptors (Lipinski definition) is 4. The average molecular weight is 430 g/mol. The molecule has 0 unspecified atom stereocenters. The second-order valence-corrected chi connectivity index (χ2v) is 7.32. The van der Waals surface area contributed by atoms with Gasteiger partial charge < -0.3 is 4.90 Å². The summed E-state index contributed by atoms with van der Waals surface area (Å²) in [5, 5.41) is 0. The zero-order valence-electron chi connectivity index (χ0n) is 17.4. The molecule has 7 heteroatoms. The third-order valence-corrected chi connectivity index (χ3v) is 4.93. The van der Waals surface area contributed by atoms with Crippen molar-refractivity contribution in [1.29, 1.82) is 0 Å². The fourth-order valence-electron chi connectivity index (χ4n) is 3.45. The van der Waals surface area contributed by atoms with Crippen LogP contribution in [0.4, 0.5) is 8.78 Å². The van der Waals surface area contributed by atoms with Gasteiger partial charge in [0.25, 0.3) is 5.91 Å². The van der Waals surface area contributed by atoms with Gasteiger partial charge in [0.1, 0.15) is 17.5 Å². The molecule has 4 aromatic rings. The van der Waals surface area contributed by atoms with Gasteiger partial charge >= 0.3 is 0 Å². The van der Waals surface area contributed by atoms with Crippen LogP contribution in [-0.2, 0) is 13.1 Å². The van der Waals surface area contributed by atoms with Crippen LogP contribution >= 0.6 is 0 Å². The van der Waals surface area contributed by atoms with Crippen LogP contribution in [0.1, 0.15) is 27.4 Å². The molecular formula is C25H20F2N4O. The molecule has 4 rings (SSSR count). The minimum absolute atomic E-state index is 0.0605. The molecule has 1 amide bonds. The van der Waals surface area contributed by atoms with E-state index in [-0.39, 0.29) is 18.7 Å². The molecule has 2 aromatic carbocycles. The number of benzene rings is 2. The lowest BCUT2D eigenvalue weighted by atomic mass is 10.1. The van der Waals surface area contributed by atoms with Crippen molar-refractivity contribution in [3.63, 3.8) is 0 Å². The average Bonchev–Trinajstić information content (AvgIpc) is 2.79. The van der Waals surface area contributed by atoms with E-state index < -0.39 is 17.5 Å². The van der Waals surface area contributed by atoms with E-state index in [1.165, 1.54) is 4.90 Å². The fraction of sp³-hybridized carbons (Fsp3) is 0.120. The maximum Gasteiger partial charge on any atom is 0.254 e. The van der Waals surface area contributed by atoms with E-state index in [0.717, 1.165) is 34.9 Å². The fourth-order valence-corrected chi connectivity index (χ4v) is 3.45. The normalized spacial score (nSPS) is 10.7. The summed E-state index contributed by atoms with van der Waals surface area (Å²) in [6, 6.07) is 15.9. The van der Waals surface area contributed by atoms with E-state index in [1.807, 2.05) is 42.5 Å². The highest BCUT2D eigenvalue weighted by atomic mass is 19.1. The van der Waals surface area contributed by atoms with Crippen LogP contribution in [0.25, 0.3) is 11.1 Å². The summed E-state index contributed by atoms with van der Waals surface area (Å²) in [6.45, 7) is 2.15. The van der Waals surface area contributed by atoms with Crippen molar-refractivity contribution < 1.29 is 13.6 Å². The molecular weight excluding hydrogens is 410 g/mol. The predicted molar refractivity (Wildman–Crippen MR) is 116 cm³/mol. The van der Waals surface area contributed by atoms with Gasteiger partial charge in [-0.2, -0.15) is 0 Å². The molecule has 160 valence electrons. The standard InChI is InChI=1S/C25H20F2N4O/c1-17-29-14-23(19-7-9-28-10-8-19)24(30-17)16-31(15-18-5-3-2-4-6-18)25(32)20-11-21(26)13-22(27)12-20/h2-14H,15-16H2,1H3. The van der Waals surface area contributed by atoms with E-state index >= 15 is 0 Å². The zero-order valence-corrected chi connectivity index (χ0v) is 17.4. The quantitative estimate of drug-likeness (QED) is 0.434. The number of hydrogen-bond donors (Lipinski definition) is 0. The van der Waals surface area contributed by atoms with E-state index in [2.05, 4.69) is 15.0 Å². The Balaban J connectivity index is 1.74. The van der Waals surface area contributed by atoms with Gasteiger partial charge in [-0.3, -0.25) is 9.78 Å². The number of amides is 1. The number of aryl methyl sites for hydroxylation is 1. The molecule has 0 atom stereocenters. The Kier molecular flexibility index (Phi) is 6.26. The van der Waals surface area contributed by atoms with Crippen molar-refractivity contribution in [2.45, 2.75) is 20.0 Å². The number of carbonyl (C=O) groups excluding carboxylic acids is 1. The summed E-state index contributed by atoms with van der Waals surface area (Å²) in [5.74, 6) is -1.54. The third-order valence-electron chi connectivity index (χ3n) is 4.93. The van der Waals surface area contributed by atoms with Crippen LogP contribution in [0, 0.1) is 18.6 Å². The van der Waals surface area contributed by atoms with Crippen LogP contribution in [0.5, 0.6) is 0 Å². The summed E-state index contributed by atoms with van der Waals surface area (Å²) >= 11 is 0. The molecule has 0 aliphatic carbocycles. The van der Waals surface area contributed by atoms with Crippen molar-refractivity contribution >= 4 is 5.91 Å². The Hall–Kier alpha value is -4.00. The van der Waals surface area contributed by atoms with Gasteiger partial charge in [0.15, 0.2) is 0 Å². The number of pyridine rings is 1. The minimum Gasteiger partial charge on any atom is -0.328 e. The van der Waals surface area contributed by atoms with Crippen molar-refractivity contribution in [1.82, 2.24) is 19.9 Å². The van der Waals surface area contributed by atoms with Gasteiger partial charge in [-0.25, -0.2) is 18.7 Å². The lowest BCUT2D eigenvalue weighted by molar-refractivity contribution is 0.0727. The first-order chi connectivity index (χ1) is 15.5. The molecule has 2 aromatic heterocycles. The Bertz CT molecular complexity index is 1210. The second kappa shape index (κ2) is 9.43. The third kappa shape index (κ3) is 5.00. The molecule has 0 N–H and O–H groups in total. The first-order valence-corrected chi connectivity index (χ1v) is 10.0. The molecule has 0 fully saturated rings. The van der Waals surface area contributed by atoms with Gasteiger partial charge in [-0.1, -0.05) is 30.3 Å². The maximum absolute atomic E-state index is 13.8. The molecule has 0 saturated heterocycles. The van der Waals surface area contributed by atoms with Crippen molar-refractivity contribution in [3.8, 4) is 11.1 Å². The SMILES string of the molecule is Cc1ncc(-c2ccncc2)c(CN(Cc2ccccc2)C(=O)c2cc(F)cc(F)c2)n1. The molecule has 0 bridgehead atoms. The first kappa shape index (κ1) is 21.2. The van der Waals surface area contributed by atoms with E-state index in [0.29, 0.717) is 11.5 Å². The number of nitrogens with zero attached hydrogens (tertiary/aromatic N) is 4. The van der Waals surface area contributed by atoms with Crippen molar-refractivity contribution in [3.05, 3.63) is 114 Å². The van der Waals surface area contributed by atoms with Crippen LogP contribution < -0.4 is 0 Å². The predicted octanol–water partition coefficient (Wildman–Crippen LogP) is 4.97. The number of halogens is 2. The number of rotatable bonds is 6. The number of carbonyl (C=O) groups is 1. The van der Waals surface area contributed by atoms with Gasteiger partial charge in [0, 0.05) is 42.3 Å². The second-order valence-electron chi connectivity index (χ2n) is 7.32. The minimum atomic E-state index is -0.802. The van der Waals surface area contributed by atoms with E-state index in [9.17, 15) is 13.6 Å². The van der Waals surface area contributed by atoms with Gasteiger partial charge in [0.05, 0.1) is 12.2 Å². The first-order valence-electron chi connectivity index (χ1n) is 10.0. The Labute approximate surface area is 184 Å². The summed E-state index contributed by atoms with van der Waals surface area (Å²) < 4.78 is 27.6. The van der Waals surface area contributed by atoms with Crippen molar-refractivity contribution in [2.24, 2.45) is 0 Å². The Morgan fingerprint density at radius 1 is 0.938 bits per heavy atom. The Morgan fingerprint density at radius 2 is 1.62 bits per heavy atom. The molecule has 2 heterocycles. The smallest absolute Gasteiger partial charge is 0.254 e. The summed E-state index contributed by atoms with van der Waals surface area (Å²) in [6.07, 6.45) is 5.04. The van der Waals surface area contributed by atoms with E-state index in [4.69, 9.17) is 0 Å². The van der Waals surface area contributed by atoms with E-state index in [1.54, 1.807) is 25.5 Å². The summed E-state index contributed by atoms with van der Waals surface area (Å²) in [4.78, 5) is 27.8. The topological polar surface area (TPSA) is 59.0 Å². The maximum atomic E-state index is 13.8. The van der Waals surface area contributed by atoms with Crippen LogP contribution in [0.15, 0.2) is 79.3 Å². The monoisotopic (exact) mass is 430 g/mol.